The van der Waals surface area contributed by atoms with Crippen LogP contribution >= 0.6 is 11.3 Å². The number of hydrogen-bond donors (Lipinski definition) is 1. The van der Waals surface area contributed by atoms with Crippen LogP contribution in [0.3, 0.4) is 0 Å². The molecule has 0 aliphatic carbocycles. The van der Waals surface area contributed by atoms with E-state index in [1.54, 1.807) is 12.0 Å². The molecule has 1 atom stereocenters. The highest BCUT2D eigenvalue weighted by molar-refractivity contribution is 7.15. The lowest BCUT2D eigenvalue weighted by Gasteiger charge is -2.16. The lowest BCUT2D eigenvalue weighted by atomic mass is 10.1. The maximum atomic E-state index is 12.4. The van der Waals surface area contributed by atoms with Crippen molar-refractivity contribution in [2.45, 2.75) is 25.7 Å². The fraction of sp³-hybridized carbons (Fsp3) is 0.444. The first-order valence-corrected chi connectivity index (χ1v) is 9.57. The van der Waals surface area contributed by atoms with Crippen LogP contribution in [0.2, 0.25) is 0 Å². The van der Waals surface area contributed by atoms with Crippen molar-refractivity contribution in [1.82, 2.24) is 10.2 Å². The molecule has 0 bridgehead atoms. The van der Waals surface area contributed by atoms with Crippen molar-refractivity contribution in [2.24, 2.45) is 0 Å². The number of nitrogens with zero attached hydrogens (tertiary/aromatic N) is 3. The summed E-state index contributed by atoms with van der Waals surface area (Å²) in [7, 11) is 1.61. The van der Waals surface area contributed by atoms with Crippen LogP contribution in [0.25, 0.3) is 0 Å². The average molecular weight is 390 g/mol. The quantitative estimate of drug-likeness (QED) is 0.696. The molecule has 0 saturated carbocycles. The maximum absolute atomic E-state index is 12.4. The largest absolute Gasteiger partial charge is 0.497 e. The summed E-state index contributed by atoms with van der Waals surface area (Å²) in [5.41, 5.74) is 0.831. The molecule has 2 amide bonds. The fourth-order valence-corrected chi connectivity index (χ4v) is 3.68. The smallest absolute Gasteiger partial charge is 0.228 e. The average Bonchev–Trinajstić information content (AvgIpc) is 3.28. The Morgan fingerprint density at radius 1 is 1.33 bits per heavy atom. The Kier molecular flexibility index (Phi) is 6.36. The van der Waals surface area contributed by atoms with Crippen LogP contribution in [0.5, 0.6) is 5.75 Å². The van der Waals surface area contributed by atoms with Crippen LogP contribution in [0.15, 0.2) is 24.3 Å². The van der Waals surface area contributed by atoms with Gasteiger partial charge in [0, 0.05) is 31.2 Å². The van der Waals surface area contributed by atoms with E-state index in [0.717, 1.165) is 16.4 Å². The summed E-state index contributed by atoms with van der Waals surface area (Å²) in [6, 6.07) is 7.39. The second-order valence-corrected chi connectivity index (χ2v) is 7.05. The fourth-order valence-electron chi connectivity index (χ4n) is 2.83. The summed E-state index contributed by atoms with van der Waals surface area (Å²) in [5, 5.41) is 12.1. The van der Waals surface area contributed by atoms with Gasteiger partial charge in [-0.1, -0.05) is 11.3 Å². The van der Waals surface area contributed by atoms with Gasteiger partial charge < -0.3 is 19.7 Å². The van der Waals surface area contributed by atoms with E-state index in [9.17, 15) is 9.59 Å². The number of benzene rings is 1. The molecule has 144 valence electrons. The molecule has 0 radical (unpaired) electrons. The van der Waals surface area contributed by atoms with Gasteiger partial charge in [0.25, 0.3) is 0 Å². The highest BCUT2D eigenvalue weighted by Crippen LogP contribution is 2.34. The summed E-state index contributed by atoms with van der Waals surface area (Å²) >= 11 is 1.31. The molecule has 9 heteroatoms. The number of carbonyl (C=O) groups is 2. The van der Waals surface area contributed by atoms with Crippen molar-refractivity contribution in [3.63, 3.8) is 0 Å². The first-order chi connectivity index (χ1) is 13.1. The monoisotopic (exact) mass is 390 g/mol. The summed E-state index contributed by atoms with van der Waals surface area (Å²) in [6.45, 7) is 3.38. The van der Waals surface area contributed by atoms with E-state index in [1.165, 1.54) is 11.3 Å². The topological polar surface area (TPSA) is 93.7 Å². The maximum Gasteiger partial charge on any atom is 0.228 e. The van der Waals surface area contributed by atoms with Crippen molar-refractivity contribution in [2.75, 3.05) is 37.1 Å². The van der Waals surface area contributed by atoms with E-state index in [0.29, 0.717) is 31.3 Å². The second kappa shape index (κ2) is 8.92. The van der Waals surface area contributed by atoms with Crippen LogP contribution in [0.4, 0.5) is 10.8 Å². The number of methoxy groups -OCH3 is 1. The van der Waals surface area contributed by atoms with Gasteiger partial charge in [0.15, 0.2) is 0 Å². The Balaban J connectivity index is 1.60. The summed E-state index contributed by atoms with van der Waals surface area (Å²) in [6.07, 6.45) is 0.648. The minimum absolute atomic E-state index is 0.0359. The number of rotatable bonds is 8. The minimum atomic E-state index is -0.159. The molecule has 1 aliphatic heterocycles. The number of amides is 2. The summed E-state index contributed by atoms with van der Waals surface area (Å²) in [4.78, 5) is 26.0. The Morgan fingerprint density at radius 2 is 2.11 bits per heavy atom. The van der Waals surface area contributed by atoms with Gasteiger partial charge in [-0.05, 0) is 31.2 Å². The van der Waals surface area contributed by atoms with Gasteiger partial charge in [-0.25, -0.2) is 0 Å². The van der Waals surface area contributed by atoms with Gasteiger partial charge >= 0.3 is 0 Å². The Labute approximate surface area is 161 Å². The van der Waals surface area contributed by atoms with Gasteiger partial charge in [-0.3, -0.25) is 9.59 Å². The van der Waals surface area contributed by atoms with E-state index in [2.05, 4.69) is 15.5 Å². The highest BCUT2D eigenvalue weighted by Gasteiger charge is 2.34. The molecule has 1 aromatic heterocycles. The molecule has 27 heavy (non-hydrogen) atoms. The standard InChI is InChI=1S/C18H22N4O4S/c1-3-26-9-8-15(23)19-18-21-20-17(27-18)12-10-16(24)22(11-12)13-4-6-14(25-2)7-5-13/h4-7,12H,3,8-11H2,1-2H3,(H,19,21,23)/t12-/m0/s1. The molecule has 8 nitrogen and oxygen atoms in total. The van der Waals surface area contributed by atoms with E-state index in [4.69, 9.17) is 9.47 Å². The predicted molar refractivity (Wildman–Crippen MR) is 102 cm³/mol. The number of hydrogen-bond acceptors (Lipinski definition) is 7. The van der Waals surface area contributed by atoms with Gasteiger partial charge in [0.2, 0.25) is 16.9 Å². The Morgan fingerprint density at radius 3 is 2.81 bits per heavy atom. The predicted octanol–water partition coefficient (Wildman–Crippen LogP) is 2.43. The minimum Gasteiger partial charge on any atom is -0.497 e. The SMILES string of the molecule is CCOCCC(=O)Nc1nnc([C@H]2CC(=O)N(c3ccc(OC)cc3)C2)s1. The summed E-state index contributed by atoms with van der Waals surface area (Å²) < 4.78 is 10.3. The number of anilines is 2. The summed E-state index contributed by atoms with van der Waals surface area (Å²) in [5.74, 6) is 0.596. The molecule has 0 unspecified atom stereocenters. The zero-order valence-corrected chi connectivity index (χ0v) is 16.1. The van der Waals surface area contributed by atoms with Gasteiger partial charge in [0.05, 0.1) is 20.1 Å². The second-order valence-electron chi connectivity index (χ2n) is 6.04. The molecule has 1 aromatic carbocycles. The number of aromatic nitrogens is 2. The van der Waals surface area contributed by atoms with E-state index < -0.39 is 0 Å². The van der Waals surface area contributed by atoms with Crippen molar-refractivity contribution in [1.29, 1.82) is 0 Å². The molecular weight excluding hydrogens is 368 g/mol. The normalized spacial score (nSPS) is 16.6. The zero-order chi connectivity index (χ0) is 19.2. The molecule has 3 rings (SSSR count). The Hall–Kier alpha value is -2.52. The molecule has 2 aromatic rings. The number of nitrogens with one attached hydrogen (secondary N) is 1. The highest BCUT2D eigenvalue weighted by atomic mass is 32.1. The van der Waals surface area contributed by atoms with E-state index in [1.807, 2.05) is 31.2 Å². The van der Waals surface area contributed by atoms with Crippen LogP contribution in [-0.2, 0) is 14.3 Å². The van der Waals surface area contributed by atoms with Crippen molar-refractivity contribution >= 4 is 34.0 Å². The first kappa shape index (κ1) is 19.2. The van der Waals surface area contributed by atoms with Crippen LogP contribution < -0.4 is 15.0 Å². The third-order valence-corrected chi connectivity index (χ3v) is 5.22. The molecule has 1 saturated heterocycles. The van der Waals surface area contributed by atoms with Gasteiger partial charge in [0.1, 0.15) is 10.8 Å². The van der Waals surface area contributed by atoms with Crippen LogP contribution in [-0.4, -0.2) is 48.9 Å². The molecule has 1 aliphatic rings. The van der Waals surface area contributed by atoms with Crippen LogP contribution in [0.1, 0.15) is 30.7 Å². The third kappa shape index (κ3) is 4.81. The molecule has 1 N–H and O–H groups in total. The molecule has 2 heterocycles. The van der Waals surface area contributed by atoms with E-state index >= 15 is 0 Å². The van der Waals surface area contributed by atoms with Gasteiger partial charge in [-0.2, -0.15) is 0 Å². The van der Waals surface area contributed by atoms with Gasteiger partial charge in [-0.15, -0.1) is 10.2 Å². The molecular formula is C18H22N4O4S. The Bertz CT molecular complexity index is 793. The lowest BCUT2D eigenvalue weighted by Crippen LogP contribution is -2.24. The third-order valence-electron chi connectivity index (χ3n) is 4.22. The van der Waals surface area contributed by atoms with Crippen LogP contribution in [0, 0.1) is 0 Å². The van der Waals surface area contributed by atoms with Crippen molar-refractivity contribution in [3.8, 4) is 5.75 Å². The lowest BCUT2D eigenvalue weighted by molar-refractivity contribution is -0.118. The molecule has 0 spiro atoms. The van der Waals surface area contributed by atoms with Crippen molar-refractivity contribution < 1.29 is 19.1 Å². The van der Waals surface area contributed by atoms with Crippen molar-refractivity contribution in [3.05, 3.63) is 29.3 Å². The first-order valence-electron chi connectivity index (χ1n) is 8.76. The molecule has 1 fully saturated rings. The van der Waals surface area contributed by atoms with E-state index in [-0.39, 0.29) is 24.2 Å². The zero-order valence-electron chi connectivity index (χ0n) is 15.3. The number of ether oxygens (including phenoxy) is 2. The number of carbonyl (C=O) groups excluding carboxylic acids is 2.